The lowest BCUT2D eigenvalue weighted by Crippen LogP contribution is -2.32. The lowest BCUT2D eigenvalue weighted by molar-refractivity contribution is 0.101. The van der Waals surface area contributed by atoms with Crippen LogP contribution in [-0.2, 0) is 10.0 Å². The molecule has 0 heterocycles. The highest BCUT2D eigenvalue weighted by atomic mass is 32.2. The van der Waals surface area contributed by atoms with Gasteiger partial charge in [0.25, 0.3) is 0 Å². The van der Waals surface area contributed by atoms with Crippen molar-refractivity contribution in [1.29, 1.82) is 0 Å². The van der Waals surface area contributed by atoms with Crippen LogP contribution in [0.1, 0.15) is 34.5 Å². The zero-order valence-electron chi connectivity index (χ0n) is 15.2. The number of ketones is 1. The molecule has 0 fully saturated rings. The summed E-state index contributed by atoms with van der Waals surface area (Å²) < 4.78 is 28.0. The highest BCUT2D eigenvalue weighted by molar-refractivity contribution is 7.89. The molecular weight excluding hydrogens is 358 g/mol. The number of hydrogen-bond donors (Lipinski definition) is 0. The van der Waals surface area contributed by atoms with Crippen molar-refractivity contribution in [3.05, 3.63) is 102 Å². The quantitative estimate of drug-likeness (QED) is 0.600. The highest BCUT2D eigenvalue weighted by Gasteiger charge is 2.30. The normalized spacial score (nSPS) is 11.7. The molecule has 138 valence electrons. The number of hydrogen-bond acceptors (Lipinski definition) is 3. The van der Waals surface area contributed by atoms with E-state index in [9.17, 15) is 13.2 Å². The lowest BCUT2D eigenvalue weighted by Gasteiger charge is -2.28. The second kappa shape index (κ2) is 7.86. The molecule has 0 aliphatic heterocycles. The van der Waals surface area contributed by atoms with Crippen molar-refractivity contribution in [3.8, 4) is 0 Å². The lowest BCUT2D eigenvalue weighted by atomic mass is 9.99. The molecule has 0 amide bonds. The fourth-order valence-corrected chi connectivity index (χ4v) is 4.44. The first-order chi connectivity index (χ1) is 12.9. The molecule has 3 rings (SSSR count). The Morgan fingerprint density at radius 2 is 1.33 bits per heavy atom. The van der Waals surface area contributed by atoms with Crippen molar-refractivity contribution in [2.75, 3.05) is 7.05 Å². The van der Waals surface area contributed by atoms with Gasteiger partial charge in [0, 0.05) is 12.6 Å². The van der Waals surface area contributed by atoms with Crippen LogP contribution in [0.2, 0.25) is 0 Å². The maximum atomic E-state index is 13.3. The number of Topliss-reactive ketones (excluding diaryl/α,β-unsaturated/α-hetero) is 1. The first-order valence-corrected chi connectivity index (χ1v) is 10.0. The number of nitrogens with zero attached hydrogens (tertiary/aromatic N) is 1. The molecule has 3 aromatic carbocycles. The SMILES string of the molecule is CC(=O)c1cccc(S(=O)(=O)N(C)C(c2ccccc2)c2ccccc2)c1. The van der Waals surface area contributed by atoms with Crippen molar-refractivity contribution in [3.63, 3.8) is 0 Å². The Morgan fingerprint density at radius 1 is 0.815 bits per heavy atom. The molecule has 0 saturated carbocycles. The van der Waals surface area contributed by atoms with Crippen LogP contribution in [0, 0.1) is 0 Å². The third-order valence-electron chi connectivity index (χ3n) is 4.51. The molecule has 27 heavy (non-hydrogen) atoms. The molecule has 0 aliphatic rings. The topological polar surface area (TPSA) is 54.5 Å². The largest absolute Gasteiger partial charge is 0.295 e. The first kappa shape index (κ1) is 19.0. The molecule has 0 radical (unpaired) electrons. The van der Waals surface area contributed by atoms with E-state index in [1.165, 1.54) is 23.4 Å². The van der Waals surface area contributed by atoms with Crippen LogP contribution >= 0.6 is 0 Å². The van der Waals surface area contributed by atoms with Gasteiger partial charge >= 0.3 is 0 Å². The maximum Gasteiger partial charge on any atom is 0.243 e. The molecule has 0 atom stereocenters. The molecule has 0 aromatic heterocycles. The minimum atomic E-state index is -3.81. The van der Waals surface area contributed by atoms with Gasteiger partial charge in [-0.3, -0.25) is 4.79 Å². The van der Waals surface area contributed by atoms with Crippen LogP contribution in [0.25, 0.3) is 0 Å². The molecule has 0 N–H and O–H groups in total. The van der Waals surface area contributed by atoms with Crippen LogP contribution in [0.15, 0.2) is 89.8 Å². The van der Waals surface area contributed by atoms with E-state index in [0.717, 1.165) is 11.1 Å². The van der Waals surface area contributed by atoms with E-state index in [1.54, 1.807) is 19.2 Å². The molecule has 0 spiro atoms. The van der Waals surface area contributed by atoms with Gasteiger partial charge in [-0.1, -0.05) is 72.8 Å². The Morgan fingerprint density at radius 3 is 1.81 bits per heavy atom. The summed E-state index contributed by atoms with van der Waals surface area (Å²) in [5.74, 6) is -0.169. The Bertz CT molecular complexity index is 992. The van der Waals surface area contributed by atoms with E-state index in [4.69, 9.17) is 0 Å². The highest BCUT2D eigenvalue weighted by Crippen LogP contribution is 2.32. The van der Waals surface area contributed by atoms with Gasteiger partial charge in [-0.15, -0.1) is 0 Å². The van der Waals surface area contributed by atoms with Crippen LogP contribution < -0.4 is 0 Å². The minimum absolute atomic E-state index is 0.106. The fraction of sp³-hybridized carbons (Fsp3) is 0.136. The smallest absolute Gasteiger partial charge is 0.243 e. The molecule has 5 heteroatoms. The molecule has 0 saturated heterocycles. The van der Waals surface area contributed by atoms with Crippen molar-refractivity contribution in [2.45, 2.75) is 17.9 Å². The van der Waals surface area contributed by atoms with Gasteiger partial charge in [0.05, 0.1) is 10.9 Å². The summed E-state index contributed by atoms with van der Waals surface area (Å²) in [6.07, 6.45) is 0. The summed E-state index contributed by atoms with van der Waals surface area (Å²) in [5.41, 5.74) is 2.12. The van der Waals surface area contributed by atoms with E-state index >= 15 is 0 Å². The molecular formula is C22H21NO3S. The Hall–Kier alpha value is -2.76. The maximum absolute atomic E-state index is 13.3. The zero-order chi connectivity index (χ0) is 19.4. The third kappa shape index (κ3) is 3.99. The van der Waals surface area contributed by atoms with Gasteiger partial charge in [0.15, 0.2) is 5.78 Å². The summed E-state index contributed by atoms with van der Waals surface area (Å²) in [6, 6.07) is 24.7. The zero-order valence-corrected chi connectivity index (χ0v) is 16.1. The number of rotatable bonds is 6. The van der Waals surface area contributed by atoms with Crippen molar-refractivity contribution >= 4 is 15.8 Å². The van der Waals surface area contributed by atoms with Gasteiger partial charge in [-0.25, -0.2) is 8.42 Å². The summed E-state index contributed by atoms with van der Waals surface area (Å²) >= 11 is 0. The minimum Gasteiger partial charge on any atom is -0.295 e. The van der Waals surface area contributed by atoms with Crippen molar-refractivity contribution in [2.24, 2.45) is 0 Å². The predicted molar refractivity (Wildman–Crippen MR) is 106 cm³/mol. The molecule has 0 aliphatic carbocycles. The van der Waals surface area contributed by atoms with E-state index in [-0.39, 0.29) is 10.7 Å². The third-order valence-corrected chi connectivity index (χ3v) is 6.33. The number of benzene rings is 3. The Kier molecular flexibility index (Phi) is 5.54. The molecule has 0 unspecified atom stereocenters. The first-order valence-electron chi connectivity index (χ1n) is 8.60. The van der Waals surface area contributed by atoms with E-state index in [1.807, 2.05) is 60.7 Å². The average molecular weight is 379 g/mol. The van der Waals surface area contributed by atoms with Crippen LogP contribution in [0.4, 0.5) is 0 Å². The summed E-state index contributed by atoms with van der Waals surface area (Å²) in [7, 11) is -2.24. The number of carbonyl (C=O) groups excluding carboxylic acids is 1. The summed E-state index contributed by atoms with van der Waals surface area (Å²) in [6.45, 7) is 1.42. The fourth-order valence-electron chi connectivity index (χ4n) is 3.06. The summed E-state index contributed by atoms with van der Waals surface area (Å²) in [4.78, 5) is 11.8. The van der Waals surface area contributed by atoms with E-state index in [0.29, 0.717) is 5.56 Å². The molecule has 0 bridgehead atoms. The van der Waals surface area contributed by atoms with Crippen LogP contribution in [0.3, 0.4) is 0 Å². The number of sulfonamides is 1. The van der Waals surface area contributed by atoms with E-state index < -0.39 is 16.1 Å². The molecule has 4 nitrogen and oxygen atoms in total. The monoisotopic (exact) mass is 379 g/mol. The van der Waals surface area contributed by atoms with Gasteiger partial charge < -0.3 is 0 Å². The Labute approximate surface area is 160 Å². The second-order valence-electron chi connectivity index (χ2n) is 6.33. The van der Waals surface area contributed by atoms with Gasteiger partial charge in [0.1, 0.15) is 0 Å². The van der Waals surface area contributed by atoms with Crippen molar-refractivity contribution in [1.82, 2.24) is 4.31 Å². The van der Waals surface area contributed by atoms with Gasteiger partial charge in [-0.05, 0) is 30.2 Å². The second-order valence-corrected chi connectivity index (χ2v) is 8.33. The average Bonchev–Trinajstić information content (AvgIpc) is 2.70. The Balaban J connectivity index is 2.10. The van der Waals surface area contributed by atoms with Crippen LogP contribution in [0.5, 0.6) is 0 Å². The van der Waals surface area contributed by atoms with Gasteiger partial charge in [0.2, 0.25) is 10.0 Å². The van der Waals surface area contributed by atoms with Crippen molar-refractivity contribution < 1.29 is 13.2 Å². The predicted octanol–water partition coefficient (Wildman–Crippen LogP) is 4.30. The van der Waals surface area contributed by atoms with E-state index in [2.05, 4.69) is 0 Å². The standard InChI is InChI=1S/C22H21NO3S/c1-17(24)20-14-9-15-21(16-20)27(25,26)23(2)22(18-10-5-3-6-11-18)19-12-7-4-8-13-19/h3-16,22H,1-2H3. The van der Waals surface area contributed by atoms with Crippen LogP contribution in [-0.4, -0.2) is 25.6 Å². The van der Waals surface area contributed by atoms with Gasteiger partial charge in [-0.2, -0.15) is 4.31 Å². The summed E-state index contributed by atoms with van der Waals surface area (Å²) in [5, 5.41) is 0. The number of carbonyl (C=O) groups is 1. The molecule has 3 aromatic rings.